The summed E-state index contributed by atoms with van der Waals surface area (Å²) in [6, 6.07) is 9.82. The molecule has 0 saturated heterocycles. The quantitative estimate of drug-likeness (QED) is 0.666. The van der Waals surface area contributed by atoms with Gasteiger partial charge in [-0.15, -0.1) is 10.2 Å². The number of fused-ring (bicyclic) bond motifs is 1. The fourth-order valence-corrected chi connectivity index (χ4v) is 2.21. The van der Waals surface area contributed by atoms with E-state index in [0.717, 1.165) is 27.6 Å². The Morgan fingerprint density at radius 2 is 1.78 bits per heavy atom. The number of hydrogen-bond donors (Lipinski definition) is 0. The fraction of sp³-hybridized carbons (Fsp3) is 0.0714. The van der Waals surface area contributed by atoms with Crippen LogP contribution in [-0.2, 0) is 0 Å². The summed E-state index contributed by atoms with van der Waals surface area (Å²) in [5.41, 5.74) is 2.94. The van der Waals surface area contributed by atoms with E-state index in [1.54, 1.807) is 6.20 Å². The van der Waals surface area contributed by atoms with Crippen molar-refractivity contribution >= 4 is 22.4 Å². The van der Waals surface area contributed by atoms with E-state index in [1.165, 1.54) is 0 Å². The molecule has 0 bridgehead atoms. The normalized spacial score (nSPS) is 10.8. The van der Waals surface area contributed by atoms with Crippen LogP contribution < -0.4 is 0 Å². The van der Waals surface area contributed by atoms with Crippen molar-refractivity contribution in [1.29, 1.82) is 0 Å². The minimum atomic E-state index is 0.432. The largest absolute Gasteiger partial charge is 0.264 e. The zero-order valence-electron chi connectivity index (χ0n) is 9.76. The van der Waals surface area contributed by atoms with Crippen LogP contribution >= 0.6 is 11.6 Å². The fourth-order valence-electron chi connectivity index (χ4n) is 2.01. The Kier molecular flexibility index (Phi) is 2.68. The van der Waals surface area contributed by atoms with E-state index in [9.17, 15) is 0 Å². The lowest BCUT2D eigenvalue weighted by molar-refractivity contribution is 1.05. The van der Waals surface area contributed by atoms with Crippen LogP contribution in [-0.4, -0.2) is 15.2 Å². The Bertz CT molecular complexity index is 725. The summed E-state index contributed by atoms with van der Waals surface area (Å²) in [5, 5.41) is 10.6. The summed E-state index contributed by atoms with van der Waals surface area (Å²) in [5.74, 6) is 0. The Hall–Kier alpha value is -2.00. The van der Waals surface area contributed by atoms with E-state index >= 15 is 0 Å². The molecule has 0 radical (unpaired) electrons. The number of halogens is 1. The molecule has 0 atom stereocenters. The number of aryl methyl sites for hydroxylation is 1. The topological polar surface area (TPSA) is 38.7 Å². The molecular weight excluding hydrogens is 246 g/mol. The molecule has 0 amide bonds. The Balaban J connectivity index is 2.38. The average molecular weight is 256 g/mol. The van der Waals surface area contributed by atoms with Crippen molar-refractivity contribution in [1.82, 2.24) is 15.2 Å². The van der Waals surface area contributed by atoms with E-state index in [-0.39, 0.29) is 0 Å². The number of nitrogens with zero attached hydrogens (tertiary/aromatic N) is 3. The van der Waals surface area contributed by atoms with Gasteiger partial charge < -0.3 is 0 Å². The molecule has 0 N–H and O–H groups in total. The highest BCUT2D eigenvalue weighted by atomic mass is 35.5. The first-order valence-electron chi connectivity index (χ1n) is 5.59. The lowest BCUT2D eigenvalue weighted by atomic mass is 10.0. The molecule has 88 valence electrons. The first kappa shape index (κ1) is 11.1. The molecule has 2 aromatic heterocycles. The van der Waals surface area contributed by atoms with Gasteiger partial charge in [0.05, 0.1) is 0 Å². The zero-order valence-corrected chi connectivity index (χ0v) is 10.5. The van der Waals surface area contributed by atoms with Gasteiger partial charge in [-0.3, -0.25) is 4.98 Å². The standard InChI is InChI=1S/C14H10ClN3/c1-9-8-16-7-6-10(9)13-11-4-2-3-5-12(11)14(15)18-17-13/h2-8H,1H3. The number of hydrogen-bond acceptors (Lipinski definition) is 3. The summed E-state index contributed by atoms with van der Waals surface area (Å²) in [7, 11) is 0. The molecule has 4 heteroatoms. The van der Waals surface area contributed by atoms with Gasteiger partial charge in [0.25, 0.3) is 0 Å². The molecule has 0 saturated carbocycles. The van der Waals surface area contributed by atoms with Gasteiger partial charge in [0.2, 0.25) is 0 Å². The van der Waals surface area contributed by atoms with E-state index in [2.05, 4.69) is 15.2 Å². The van der Waals surface area contributed by atoms with Gasteiger partial charge >= 0.3 is 0 Å². The van der Waals surface area contributed by atoms with Crippen molar-refractivity contribution in [3.8, 4) is 11.3 Å². The minimum absolute atomic E-state index is 0.432. The molecule has 0 aliphatic rings. The molecule has 2 heterocycles. The molecule has 18 heavy (non-hydrogen) atoms. The third-order valence-electron chi connectivity index (χ3n) is 2.92. The number of rotatable bonds is 1. The number of aromatic nitrogens is 3. The second-order valence-corrected chi connectivity index (χ2v) is 4.43. The van der Waals surface area contributed by atoms with Crippen LogP contribution in [0.2, 0.25) is 5.15 Å². The molecule has 3 nitrogen and oxygen atoms in total. The predicted octanol–water partition coefficient (Wildman–Crippen LogP) is 3.65. The van der Waals surface area contributed by atoms with Crippen LogP contribution in [0.3, 0.4) is 0 Å². The second kappa shape index (κ2) is 4.35. The summed E-state index contributed by atoms with van der Waals surface area (Å²) in [6.45, 7) is 2.01. The van der Waals surface area contributed by atoms with E-state index in [4.69, 9.17) is 11.6 Å². The molecule has 0 aliphatic carbocycles. The second-order valence-electron chi connectivity index (χ2n) is 4.08. The maximum atomic E-state index is 6.07. The molecule has 0 unspecified atom stereocenters. The highest BCUT2D eigenvalue weighted by Crippen LogP contribution is 2.30. The van der Waals surface area contributed by atoms with Crippen molar-refractivity contribution in [2.75, 3.05) is 0 Å². The minimum Gasteiger partial charge on any atom is -0.264 e. The van der Waals surface area contributed by atoms with Gasteiger partial charge in [0, 0.05) is 28.7 Å². The van der Waals surface area contributed by atoms with Gasteiger partial charge in [0.15, 0.2) is 5.15 Å². The van der Waals surface area contributed by atoms with E-state index in [1.807, 2.05) is 43.5 Å². The van der Waals surface area contributed by atoms with Crippen LogP contribution in [0.5, 0.6) is 0 Å². The first-order chi connectivity index (χ1) is 8.77. The number of pyridine rings is 1. The van der Waals surface area contributed by atoms with Crippen molar-refractivity contribution in [2.24, 2.45) is 0 Å². The van der Waals surface area contributed by atoms with Gasteiger partial charge in [-0.05, 0) is 18.6 Å². The Labute approximate surface area is 109 Å². The average Bonchev–Trinajstić information content (AvgIpc) is 2.41. The summed E-state index contributed by atoms with van der Waals surface area (Å²) in [4.78, 5) is 4.09. The smallest absolute Gasteiger partial charge is 0.159 e. The van der Waals surface area contributed by atoms with Gasteiger partial charge in [0.1, 0.15) is 5.69 Å². The summed E-state index contributed by atoms with van der Waals surface area (Å²) in [6.07, 6.45) is 3.58. The molecule has 3 rings (SSSR count). The predicted molar refractivity (Wildman–Crippen MR) is 72.5 cm³/mol. The van der Waals surface area contributed by atoms with Crippen molar-refractivity contribution in [3.63, 3.8) is 0 Å². The molecule has 0 aliphatic heterocycles. The Morgan fingerprint density at radius 3 is 2.56 bits per heavy atom. The number of benzene rings is 1. The third kappa shape index (κ3) is 1.73. The molecule has 3 aromatic rings. The maximum absolute atomic E-state index is 6.07. The van der Waals surface area contributed by atoms with E-state index < -0.39 is 0 Å². The SMILES string of the molecule is Cc1cnccc1-c1nnc(Cl)c2ccccc12. The maximum Gasteiger partial charge on any atom is 0.159 e. The molecule has 1 aromatic carbocycles. The van der Waals surface area contributed by atoms with Crippen LogP contribution in [0.25, 0.3) is 22.0 Å². The lowest BCUT2D eigenvalue weighted by Gasteiger charge is -2.07. The Morgan fingerprint density at radius 1 is 1.00 bits per heavy atom. The summed E-state index contributed by atoms with van der Waals surface area (Å²) < 4.78 is 0. The van der Waals surface area contributed by atoms with Crippen molar-refractivity contribution in [2.45, 2.75) is 6.92 Å². The van der Waals surface area contributed by atoms with Gasteiger partial charge in [-0.2, -0.15) is 0 Å². The van der Waals surface area contributed by atoms with Crippen LogP contribution in [0.4, 0.5) is 0 Å². The monoisotopic (exact) mass is 255 g/mol. The van der Waals surface area contributed by atoms with Crippen LogP contribution in [0, 0.1) is 6.92 Å². The first-order valence-corrected chi connectivity index (χ1v) is 5.97. The van der Waals surface area contributed by atoms with Gasteiger partial charge in [-0.25, -0.2) is 0 Å². The highest BCUT2D eigenvalue weighted by molar-refractivity contribution is 6.34. The highest BCUT2D eigenvalue weighted by Gasteiger charge is 2.10. The summed E-state index contributed by atoms with van der Waals surface area (Å²) >= 11 is 6.07. The third-order valence-corrected chi connectivity index (χ3v) is 3.20. The molecule has 0 fully saturated rings. The molecule has 0 spiro atoms. The van der Waals surface area contributed by atoms with Crippen LogP contribution in [0.15, 0.2) is 42.7 Å². The van der Waals surface area contributed by atoms with E-state index in [0.29, 0.717) is 5.15 Å². The molecular formula is C14H10ClN3. The van der Waals surface area contributed by atoms with Gasteiger partial charge in [-0.1, -0.05) is 35.9 Å². The van der Waals surface area contributed by atoms with Crippen LogP contribution in [0.1, 0.15) is 5.56 Å². The lowest BCUT2D eigenvalue weighted by Crippen LogP contribution is -1.93. The zero-order chi connectivity index (χ0) is 12.5. The van der Waals surface area contributed by atoms with Crippen molar-refractivity contribution in [3.05, 3.63) is 53.4 Å². The van der Waals surface area contributed by atoms with Crippen molar-refractivity contribution < 1.29 is 0 Å².